The maximum Gasteiger partial charge on any atom is 0.261 e. The predicted octanol–water partition coefficient (Wildman–Crippen LogP) is 5.52. The molecule has 0 spiro atoms. The molecule has 0 heterocycles. The zero-order chi connectivity index (χ0) is 17.4. The van der Waals surface area contributed by atoms with Gasteiger partial charge in [0.1, 0.15) is 17.2 Å². The smallest absolute Gasteiger partial charge is 0.261 e. The second kappa shape index (κ2) is 5.98. The van der Waals surface area contributed by atoms with Crippen molar-refractivity contribution in [1.29, 1.82) is 0 Å². The average molecular weight is 333 g/mol. The Morgan fingerprint density at radius 3 is 1.96 bits per heavy atom. The van der Waals surface area contributed by atoms with Crippen molar-refractivity contribution in [3.05, 3.63) is 90.0 Å². The highest BCUT2D eigenvalue weighted by molar-refractivity contribution is 6.06. The molecule has 0 saturated carbocycles. The van der Waals surface area contributed by atoms with Crippen LogP contribution in [-0.2, 0) is 0 Å². The molecule has 25 heavy (non-hydrogen) atoms. The van der Waals surface area contributed by atoms with Gasteiger partial charge in [-0.2, -0.15) is 0 Å². The first-order valence-corrected chi connectivity index (χ1v) is 7.80. The third kappa shape index (κ3) is 2.83. The third-order valence-electron chi connectivity index (χ3n) is 4.15. The van der Waals surface area contributed by atoms with Crippen LogP contribution >= 0.6 is 0 Å². The van der Waals surface area contributed by atoms with Crippen molar-refractivity contribution in [3.63, 3.8) is 0 Å². The van der Waals surface area contributed by atoms with E-state index >= 15 is 0 Å². The normalized spacial score (nSPS) is 11.0. The molecule has 0 bridgehead atoms. The molecular weight excluding hydrogens is 320 g/mol. The van der Waals surface area contributed by atoms with Crippen molar-refractivity contribution >= 4 is 33.1 Å². The van der Waals surface area contributed by atoms with Gasteiger partial charge in [0.15, 0.2) is 0 Å². The van der Waals surface area contributed by atoms with Crippen LogP contribution in [0.4, 0.5) is 14.5 Å². The lowest BCUT2D eigenvalue weighted by Crippen LogP contribution is -2.15. The van der Waals surface area contributed by atoms with Crippen molar-refractivity contribution in [3.8, 4) is 0 Å². The molecule has 0 aromatic heterocycles. The van der Waals surface area contributed by atoms with E-state index in [1.165, 1.54) is 6.07 Å². The van der Waals surface area contributed by atoms with E-state index in [9.17, 15) is 13.6 Å². The summed E-state index contributed by atoms with van der Waals surface area (Å²) in [4.78, 5) is 12.2. The number of benzene rings is 4. The monoisotopic (exact) mass is 333 g/mol. The number of halogens is 2. The van der Waals surface area contributed by atoms with Crippen LogP contribution in [0.1, 0.15) is 10.4 Å². The lowest BCUT2D eigenvalue weighted by atomic mass is 10.0. The lowest BCUT2D eigenvalue weighted by molar-refractivity contribution is 0.101. The van der Waals surface area contributed by atoms with Gasteiger partial charge in [0, 0.05) is 5.69 Å². The fourth-order valence-electron chi connectivity index (χ4n) is 2.93. The van der Waals surface area contributed by atoms with Crippen molar-refractivity contribution in [1.82, 2.24) is 0 Å². The fourth-order valence-corrected chi connectivity index (χ4v) is 2.93. The van der Waals surface area contributed by atoms with E-state index in [0.29, 0.717) is 5.69 Å². The third-order valence-corrected chi connectivity index (χ3v) is 4.15. The van der Waals surface area contributed by atoms with Crippen molar-refractivity contribution in [2.45, 2.75) is 0 Å². The van der Waals surface area contributed by atoms with Gasteiger partial charge in [-0.1, -0.05) is 36.4 Å². The molecule has 2 nitrogen and oxygen atoms in total. The Bertz CT molecular complexity index is 1100. The van der Waals surface area contributed by atoms with E-state index in [1.54, 1.807) is 12.1 Å². The van der Waals surface area contributed by atoms with Crippen LogP contribution in [-0.4, -0.2) is 5.91 Å². The summed E-state index contributed by atoms with van der Waals surface area (Å²) in [7, 11) is 0. The van der Waals surface area contributed by atoms with E-state index in [4.69, 9.17) is 0 Å². The first kappa shape index (κ1) is 15.3. The number of fused-ring (bicyclic) bond motifs is 2. The van der Waals surface area contributed by atoms with Gasteiger partial charge < -0.3 is 5.32 Å². The van der Waals surface area contributed by atoms with Gasteiger partial charge in [0.25, 0.3) is 5.91 Å². The lowest BCUT2D eigenvalue weighted by Gasteiger charge is -2.09. The molecule has 4 rings (SSSR count). The minimum Gasteiger partial charge on any atom is -0.322 e. The van der Waals surface area contributed by atoms with Crippen LogP contribution in [0.25, 0.3) is 21.5 Å². The SMILES string of the molecule is O=C(Nc1ccc2cc3ccccc3cc2c1)c1c(F)cccc1F. The molecule has 0 saturated heterocycles. The second-order valence-corrected chi connectivity index (χ2v) is 5.81. The fraction of sp³-hybridized carbons (Fsp3) is 0. The van der Waals surface area contributed by atoms with Gasteiger partial charge >= 0.3 is 0 Å². The average Bonchev–Trinajstić information content (AvgIpc) is 2.59. The summed E-state index contributed by atoms with van der Waals surface area (Å²) in [6, 6.07) is 20.8. The standard InChI is InChI=1S/C21H13F2NO/c22-18-6-3-7-19(23)20(18)21(25)24-17-9-8-15-10-13-4-1-2-5-14(13)11-16(15)12-17/h1-12H,(H,24,25). The minimum atomic E-state index is -0.885. The number of hydrogen-bond donors (Lipinski definition) is 1. The number of anilines is 1. The summed E-state index contributed by atoms with van der Waals surface area (Å²) >= 11 is 0. The summed E-state index contributed by atoms with van der Waals surface area (Å²) in [5, 5.41) is 6.73. The molecule has 0 aliphatic rings. The molecule has 122 valence electrons. The van der Waals surface area contributed by atoms with Crippen LogP contribution in [0.5, 0.6) is 0 Å². The van der Waals surface area contributed by atoms with Crippen LogP contribution in [0.3, 0.4) is 0 Å². The minimum absolute atomic E-state index is 0.482. The Morgan fingerprint density at radius 1 is 0.680 bits per heavy atom. The topological polar surface area (TPSA) is 29.1 Å². The summed E-state index contributed by atoms with van der Waals surface area (Å²) < 4.78 is 27.5. The first-order chi connectivity index (χ1) is 12.1. The van der Waals surface area contributed by atoms with E-state index < -0.39 is 23.1 Å². The summed E-state index contributed by atoms with van der Waals surface area (Å²) in [5.41, 5.74) is -0.100. The summed E-state index contributed by atoms with van der Waals surface area (Å²) in [6.45, 7) is 0. The number of carbonyl (C=O) groups is 1. The highest BCUT2D eigenvalue weighted by Gasteiger charge is 2.17. The zero-order valence-electron chi connectivity index (χ0n) is 13.1. The molecule has 1 amide bonds. The van der Waals surface area contributed by atoms with Crippen molar-refractivity contribution in [2.24, 2.45) is 0 Å². The highest BCUT2D eigenvalue weighted by Crippen LogP contribution is 2.26. The van der Waals surface area contributed by atoms with E-state index in [1.807, 2.05) is 36.4 Å². The molecule has 4 aromatic carbocycles. The summed E-state index contributed by atoms with van der Waals surface area (Å²) in [6.07, 6.45) is 0. The van der Waals surface area contributed by atoms with Crippen LogP contribution in [0.2, 0.25) is 0 Å². The number of rotatable bonds is 2. The number of carbonyl (C=O) groups excluding carboxylic acids is 1. The predicted molar refractivity (Wildman–Crippen MR) is 95.8 cm³/mol. The van der Waals surface area contributed by atoms with Crippen LogP contribution in [0, 0.1) is 11.6 Å². The second-order valence-electron chi connectivity index (χ2n) is 5.81. The van der Waals surface area contributed by atoms with Gasteiger partial charge in [0.2, 0.25) is 0 Å². The molecule has 0 atom stereocenters. The molecule has 0 aliphatic carbocycles. The van der Waals surface area contributed by atoms with Gasteiger partial charge in [-0.05, 0) is 57.9 Å². The van der Waals surface area contributed by atoms with Gasteiger partial charge in [-0.15, -0.1) is 0 Å². The maximum atomic E-state index is 13.7. The molecular formula is C21H13F2NO. The zero-order valence-corrected chi connectivity index (χ0v) is 13.1. The molecule has 0 unspecified atom stereocenters. The molecule has 1 N–H and O–H groups in total. The van der Waals surface area contributed by atoms with E-state index in [0.717, 1.165) is 33.7 Å². The largest absolute Gasteiger partial charge is 0.322 e. The van der Waals surface area contributed by atoms with E-state index in [-0.39, 0.29) is 0 Å². The molecule has 4 heteroatoms. The Kier molecular flexibility index (Phi) is 3.65. The Morgan fingerprint density at radius 2 is 1.28 bits per heavy atom. The maximum absolute atomic E-state index is 13.7. The Balaban J connectivity index is 1.72. The Hall–Kier alpha value is -3.27. The number of nitrogens with one attached hydrogen (secondary N) is 1. The molecule has 0 fully saturated rings. The van der Waals surface area contributed by atoms with Gasteiger partial charge in [0.05, 0.1) is 0 Å². The number of amides is 1. The molecule has 4 aromatic rings. The Labute approximate surface area is 142 Å². The highest BCUT2D eigenvalue weighted by atomic mass is 19.1. The molecule has 0 aliphatic heterocycles. The van der Waals surface area contributed by atoms with E-state index in [2.05, 4.69) is 11.4 Å². The quantitative estimate of drug-likeness (QED) is 0.481. The van der Waals surface area contributed by atoms with Crippen LogP contribution < -0.4 is 5.32 Å². The van der Waals surface area contributed by atoms with Gasteiger partial charge in [-0.3, -0.25) is 4.79 Å². The van der Waals surface area contributed by atoms with Crippen molar-refractivity contribution < 1.29 is 13.6 Å². The molecule has 0 radical (unpaired) electrons. The summed E-state index contributed by atoms with van der Waals surface area (Å²) in [5.74, 6) is -2.58. The first-order valence-electron chi connectivity index (χ1n) is 7.80. The van der Waals surface area contributed by atoms with Crippen molar-refractivity contribution in [2.75, 3.05) is 5.32 Å². The van der Waals surface area contributed by atoms with Gasteiger partial charge in [-0.25, -0.2) is 8.78 Å². The van der Waals surface area contributed by atoms with Crippen LogP contribution in [0.15, 0.2) is 72.8 Å². The number of hydrogen-bond acceptors (Lipinski definition) is 1.